The van der Waals surface area contributed by atoms with Crippen LogP contribution in [0.5, 0.6) is 0 Å². The topological polar surface area (TPSA) is 79.4 Å². The van der Waals surface area contributed by atoms with Crippen LogP contribution in [0.2, 0.25) is 0 Å². The Morgan fingerprint density at radius 3 is 2.52 bits per heavy atom. The minimum Gasteiger partial charge on any atom is -0.348 e. The lowest BCUT2D eigenvalue weighted by atomic mass is 9.93. The van der Waals surface area contributed by atoms with Crippen LogP contribution in [-0.2, 0) is 14.8 Å². The molecule has 0 aromatic carbocycles. The number of thiophene rings is 1. The summed E-state index contributed by atoms with van der Waals surface area (Å²) < 4.78 is 27.0. The monoisotopic (exact) mass is 433 g/mol. The lowest BCUT2D eigenvalue weighted by molar-refractivity contribution is -0.127. The van der Waals surface area contributed by atoms with Crippen molar-refractivity contribution in [2.45, 2.75) is 49.5 Å². The summed E-state index contributed by atoms with van der Waals surface area (Å²) in [5, 5.41) is 5.37. The molecule has 1 amide bonds. The van der Waals surface area contributed by atoms with Crippen molar-refractivity contribution < 1.29 is 13.2 Å². The van der Waals surface area contributed by atoms with Crippen LogP contribution in [0.3, 0.4) is 0 Å². The van der Waals surface area contributed by atoms with E-state index in [1.807, 2.05) is 6.07 Å². The highest BCUT2D eigenvalue weighted by atomic mass is 32.2. The molecule has 1 saturated carbocycles. The average molecular weight is 434 g/mol. The van der Waals surface area contributed by atoms with Crippen molar-refractivity contribution >= 4 is 27.3 Å². The average Bonchev–Trinajstić information content (AvgIpc) is 3.47. The molecule has 1 atom stereocenters. The van der Waals surface area contributed by atoms with Gasteiger partial charge in [-0.25, -0.2) is 8.42 Å². The van der Waals surface area contributed by atoms with Gasteiger partial charge in [0, 0.05) is 36.3 Å². The standard InChI is InChI=1S/C21H27N3O3S2/c25-21(23-20(16-5-1-2-6-16)19-8-4-14-28-19)17-9-12-24(13-10-17)29(26,27)18-7-3-11-22-15-18/h3-4,7-8,11,14-17,20H,1-2,5-6,9-10,12-13H2,(H,23,25). The van der Waals surface area contributed by atoms with Gasteiger partial charge in [0.15, 0.2) is 0 Å². The smallest absolute Gasteiger partial charge is 0.244 e. The van der Waals surface area contributed by atoms with E-state index in [0.717, 1.165) is 12.8 Å². The van der Waals surface area contributed by atoms with E-state index < -0.39 is 10.0 Å². The van der Waals surface area contributed by atoms with Crippen molar-refractivity contribution in [3.8, 4) is 0 Å². The fourth-order valence-corrected chi connectivity index (χ4v) is 6.76. The number of amides is 1. The van der Waals surface area contributed by atoms with Gasteiger partial charge in [0.05, 0.1) is 6.04 Å². The maximum Gasteiger partial charge on any atom is 0.244 e. The molecule has 2 fully saturated rings. The molecule has 1 N–H and O–H groups in total. The van der Waals surface area contributed by atoms with Crippen molar-refractivity contribution in [1.29, 1.82) is 0 Å². The minimum absolute atomic E-state index is 0.0636. The third-order valence-electron chi connectivity index (χ3n) is 6.12. The van der Waals surface area contributed by atoms with Gasteiger partial charge in [0.1, 0.15) is 4.90 Å². The Balaban J connectivity index is 1.38. The minimum atomic E-state index is -3.54. The van der Waals surface area contributed by atoms with Crippen molar-refractivity contribution in [2.75, 3.05) is 13.1 Å². The molecule has 1 unspecified atom stereocenters. The molecule has 1 aliphatic heterocycles. The van der Waals surface area contributed by atoms with Gasteiger partial charge in [-0.05, 0) is 55.2 Å². The molecule has 0 radical (unpaired) electrons. The predicted octanol–water partition coefficient (Wildman–Crippen LogP) is 3.59. The Bertz CT molecular complexity index is 902. The highest BCUT2D eigenvalue weighted by Crippen LogP contribution is 2.38. The summed E-state index contributed by atoms with van der Waals surface area (Å²) in [6.45, 7) is 0.727. The fraction of sp³-hybridized carbons (Fsp3) is 0.524. The zero-order chi connectivity index (χ0) is 20.3. The van der Waals surface area contributed by atoms with Gasteiger partial charge in [-0.2, -0.15) is 4.31 Å². The Morgan fingerprint density at radius 1 is 1.14 bits per heavy atom. The molecular weight excluding hydrogens is 406 g/mol. The lowest BCUT2D eigenvalue weighted by Gasteiger charge is -2.32. The van der Waals surface area contributed by atoms with Gasteiger partial charge < -0.3 is 5.32 Å². The zero-order valence-corrected chi connectivity index (χ0v) is 18.0. The highest BCUT2D eigenvalue weighted by Gasteiger charge is 2.34. The highest BCUT2D eigenvalue weighted by molar-refractivity contribution is 7.89. The van der Waals surface area contributed by atoms with Crippen LogP contribution in [-0.4, -0.2) is 36.7 Å². The first-order chi connectivity index (χ1) is 14.1. The van der Waals surface area contributed by atoms with E-state index in [0.29, 0.717) is 31.8 Å². The van der Waals surface area contributed by atoms with E-state index in [4.69, 9.17) is 0 Å². The summed E-state index contributed by atoms with van der Waals surface area (Å²) in [5.74, 6) is 0.427. The summed E-state index contributed by atoms with van der Waals surface area (Å²) in [7, 11) is -3.54. The summed E-state index contributed by atoms with van der Waals surface area (Å²) in [5.41, 5.74) is 0. The van der Waals surface area contributed by atoms with Crippen molar-refractivity contribution in [3.05, 3.63) is 46.9 Å². The van der Waals surface area contributed by atoms with E-state index in [9.17, 15) is 13.2 Å². The summed E-state index contributed by atoms with van der Waals surface area (Å²) in [6, 6.07) is 7.42. The number of hydrogen-bond donors (Lipinski definition) is 1. The second kappa shape index (κ2) is 8.93. The summed E-state index contributed by atoms with van der Waals surface area (Å²) in [4.78, 5) is 18.4. The van der Waals surface area contributed by atoms with Gasteiger partial charge in [-0.15, -0.1) is 11.3 Å². The maximum absolute atomic E-state index is 13.0. The molecule has 0 spiro atoms. The van der Waals surface area contributed by atoms with Gasteiger partial charge in [-0.3, -0.25) is 9.78 Å². The Hall–Kier alpha value is -1.77. The SMILES string of the molecule is O=C(NC(c1cccs1)C1CCCC1)C1CCN(S(=O)(=O)c2cccnc2)CC1. The van der Waals surface area contributed by atoms with Crippen LogP contribution < -0.4 is 5.32 Å². The van der Waals surface area contributed by atoms with E-state index >= 15 is 0 Å². The van der Waals surface area contributed by atoms with Gasteiger partial charge in [0.2, 0.25) is 15.9 Å². The van der Waals surface area contributed by atoms with Crippen LogP contribution in [0.15, 0.2) is 46.9 Å². The number of aromatic nitrogens is 1. The van der Waals surface area contributed by atoms with E-state index in [1.54, 1.807) is 29.7 Å². The zero-order valence-electron chi connectivity index (χ0n) is 16.4. The predicted molar refractivity (Wildman–Crippen MR) is 113 cm³/mol. The third kappa shape index (κ3) is 4.54. The van der Waals surface area contributed by atoms with Crippen molar-refractivity contribution in [3.63, 3.8) is 0 Å². The van der Waals surface area contributed by atoms with Crippen LogP contribution in [0.1, 0.15) is 49.4 Å². The number of sulfonamides is 1. The van der Waals surface area contributed by atoms with E-state index in [-0.39, 0.29) is 22.8 Å². The fourth-order valence-electron chi connectivity index (χ4n) is 4.46. The van der Waals surface area contributed by atoms with Gasteiger partial charge in [-0.1, -0.05) is 18.9 Å². The molecule has 2 aliphatic rings. The maximum atomic E-state index is 13.0. The number of carbonyl (C=O) groups excluding carboxylic acids is 1. The first kappa shape index (κ1) is 20.5. The van der Waals surface area contributed by atoms with Gasteiger partial charge >= 0.3 is 0 Å². The lowest BCUT2D eigenvalue weighted by Crippen LogP contribution is -2.44. The second-order valence-electron chi connectivity index (χ2n) is 7.91. The molecule has 8 heteroatoms. The largest absolute Gasteiger partial charge is 0.348 e. The number of rotatable bonds is 6. The summed E-state index contributed by atoms with van der Waals surface area (Å²) >= 11 is 1.70. The molecule has 29 heavy (non-hydrogen) atoms. The first-order valence-electron chi connectivity index (χ1n) is 10.3. The molecule has 1 aliphatic carbocycles. The van der Waals surface area contributed by atoms with Crippen LogP contribution in [0.4, 0.5) is 0 Å². The van der Waals surface area contributed by atoms with Gasteiger partial charge in [0.25, 0.3) is 0 Å². The van der Waals surface area contributed by atoms with Crippen molar-refractivity contribution in [1.82, 2.24) is 14.6 Å². The molecule has 2 aromatic heterocycles. The van der Waals surface area contributed by atoms with Crippen LogP contribution in [0.25, 0.3) is 0 Å². The third-order valence-corrected chi connectivity index (χ3v) is 8.95. The molecule has 156 valence electrons. The Kier molecular flexibility index (Phi) is 6.32. The molecule has 2 aromatic rings. The quantitative estimate of drug-likeness (QED) is 0.755. The number of piperidine rings is 1. The summed E-state index contributed by atoms with van der Waals surface area (Å²) in [6.07, 6.45) is 8.81. The molecule has 6 nitrogen and oxygen atoms in total. The first-order valence-corrected chi connectivity index (χ1v) is 12.6. The van der Waals surface area contributed by atoms with Crippen LogP contribution >= 0.6 is 11.3 Å². The number of carbonyl (C=O) groups is 1. The number of hydrogen-bond acceptors (Lipinski definition) is 5. The number of nitrogens with one attached hydrogen (secondary N) is 1. The Labute approximate surface area is 176 Å². The number of nitrogens with zero attached hydrogens (tertiary/aromatic N) is 2. The van der Waals surface area contributed by atoms with E-state index in [2.05, 4.69) is 21.7 Å². The normalized spacial score (nSPS) is 20.6. The van der Waals surface area contributed by atoms with Crippen molar-refractivity contribution in [2.24, 2.45) is 11.8 Å². The molecule has 4 rings (SSSR count). The number of pyridine rings is 1. The van der Waals surface area contributed by atoms with E-state index in [1.165, 1.54) is 28.2 Å². The van der Waals surface area contributed by atoms with Crippen LogP contribution in [0, 0.1) is 11.8 Å². The molecule has 3 heterocycles. The molecule has 1 saturated heterocycles. The molecule has 0 bridgehead atoms. The molecular formula is C21H27N3O3S2. The Morgan fingerprint density at radius 2 is 1.90 bits per heavy atom. The second-order valence-corrected chi connectivity index (χ2v) is 10.8.